The molecule has 2 aromatic heterocycles. The Morgan fingerprint density at radius 1 is 1.14 bits per heavy atom. The van der Waals surface area contributed by atoms with Gasteiger partial charge in [-0.25, -0.2) is 14.2 Å². The second-order valence-electron chi connectivity index (χ2n) is 8.70. The van der Waals surface area contributed by atoms with Crippen LogP contribution in [0.15, 0.2) is 42.5 Å². The number of pyridine rings is 1. The minimum absolute atomic E-state index is 0.220. The lowest BCUT2D eigenvalue weighted by Crippen LogP contribution is -2.43. The van der Waals surface area contributed by atoms with Crippen molar-refractivity contribution < 1.29 is 13.9 Å². The second-order valence-corrected chi connectivity index (χ2v) is 8.70. The number of hydrogen-bond donors (Lipinski definition) is 2. The smallest absolute Gasteiger partial charge is 0.340 e. The molecule has 0 atom stereocenters. The van der Waals surface area contributed by atoms with E-state index in [2.05, 4.69) is 37.5 Å². The van der Waals surface area contributed by atoms with Crippen molar-refractivity contribution in [3.05, 3.63) is 65.1 Å². The molecule has 0 amide bonds. The highest BCUT2D eigenvalue weighted by Gasteiger charge is 2.27. The molecular formula is C27H28FN5O2. The lowest BCUT2D eigenvalue weighted by Gasteiger charge is -2.29. The third-order valence-electron chi connectivity index (χ3n) is 6.61. The molecule has 0 radical (unpaired) electrons. The number of halogens is 1. The van der Waals surface area contributed by atoms with E-state index in [0.717, 1.165) is 54.1 Å². The van der Waals surface area contributed by atoms with E-state index in [0.29, 0.717) is 17.6 Å². The molecule has 1 saturated heterocycles. The van der Waals surface area contributed by atoms with Crippen LogP contribution in [-0.4, -0.2) is 54.4 Å². The first-order valence-corrected chi connectivity index (χ1v) is 11.8. The maximum atomic E-state index is 15.2. The number of carbonyl (C=O) groups is 1. The van der Waals surface area contributed by atoms with E-state index in [1.807, 2.05) is 32.0 Å². The average Bonchev–Trinajstić information content (AvgIpc) is 3.27. The number of aromatic nitrogens is 3. The number of aromatic amines is 1. The zero-order valence-corrected chi connectivity index (χ0v) is 20.1. The summed E-state index contributed by atoms with van der Waals surface area (Å²) in [5.74, 6) is -1.01. The number of benzene rings is 2. The van der Waals surface area contributed by atoms with Crippen LogP contribution in [0.2, 0.25) is 0 Å². The van der Waals surface area contributed by atoms with Crippen LogP contribution in [-0.2, 0) is 11.2 Å². The molecule has 0 aliphatic carbocycles. The highest BCUT2D eigenvalue weighted by atomic mass is 19.1. The van der Waals surface area contributed by atoms with Crippen molar-refractivity contribution >= 4 is 22.7 Å². The zero-order chi connectivity index (χ0) is 24.5. The van der Waals surface area contributed by atoms with E-state index < -0.39 is 11.8 Å². The second kappa shape index (κ2) is 9.46. The fourth-order valence-corrected chi connectivity index (χ4v) is 4.72. The SMILES string of the molecule is CCc1ccc(-c2nc3n[nH]c(C)c3c(-c3ccc(N4CCNCC4)cc3)c2C(=O)OC)c(F)c1. The molecule has 4 aromatic rings. The summed E-state index contributed by atoms with van der Waals surface area (Å²) in [5, 5.41) is 11.4. The summed E-state index contributed by atoms with van der Waals surface area (Å²) in [6, 6.07) is 13.1. The Kier molecular flexibility index (Phi) is 6.21. The summed E-state index contributed by atoms with van der Waals surface area (Å²) >= 11 is 0. The molecule has 5 rings (SSSR count). The van der Waals surface area contributed by atoms with E-state index in [4.69, 9.17) is 4.74 Å². The molecule has 2 aromatic carbocycles. The summed E-state index contributed by atoms with van der Waals surface area (Å²) in [5.41, 5.74) is 5.31. The van der Waals surface area contributed by atoms with Crippen molar-refractivity contribution in [3.8, 4) is 22.4 Å². The molecule has 2 N–H and O–H groups in total. The molecule has 180 valence electrons. The number of anilines is 1. The molecule has 1 aliphatic rings. The topological polar surface area (TPSA) is 83.1 Å². The molecular weight excluding hydrogens is 445 g/mol. The number of rotatable bonds is 5. The van der Waals surface area contributed by atoms with Gasteiger partial charge in [0.15, 0.2) is 5.65 Å². The lowest BCUT2D eigenvalue weighted by atomic mass is 9.92. The molecule has 3 heterocycles. The van der Waals surface area contributed by atoms with Crippen LogP contribution in [0.4, 0.5) is 10.1 Å². The maximum Gasteiger partial charge on any atom is 0.340 e. The van der Waals surface area contributed by atoms with E-state index in [9.17, 15) is 4.79 Å². The Bertz CT molecular complexity index is 1390. The Labute approximate surface area is 203 Å². The molecule has 7 nitrogen and oxygen atoms in total. The fraction of sp³-hybridized carbons (Fsp3) is 0.296. The van der Waals surface area contributed by atoms with Crippen LogP contribution in [0.3, 0.4) is 0 Å². The van der Waals surface area contributed by atoms with Crippen LogP contribution in [0, 0.1) is 12.7 Å². The molecule has 1 fully saturated rings. The van der Waals surface area contributed by atoms with Gasteiger partial charge in [-0.3, -0.25) is 5.10 Å². The van der Waals surface area contributed by atoms with Crippen LogP contribution in [0.25, 0.3) is 33.4 Å². The molecule has 8 heteroatoms. The summed E-state index contributed by atoms with van der Waals surface area (Å²) < 4.78 is 20.4. The number of fused-ring (bicyclic) bond motifs is 1. The van der Waals surface area contributed by atoms with Crippen molar-refractivity contribution in [2.45, 2.75) is 20.3 Å². The van der Waals surface area contributed by atoms with Gasteiger partial charge in [0.2, 0.25) is 0 Å². The van der Waals surface area contributed by atoms with Gasteiger partial charge < -0.3 is 15.0 Å². The van der Waals surface area contributed by atoms with Gasteiger partial charge in [0.05, 0.1) is 23.8 Å². The standard InChI is InChI=1S/C27H28FN5O2/c1-4-17-5-10-20(21(28)15-17)25-24(27(34)35-3)23(22-16(2)31-32-26(22)30-25)18-6-8-19(9-7-18)33-13-11-29-12-14-33/h5-10,15,29H,4,11-14H2,1-3H3,(H,30,31,32). The molecule has 0 saturated carbocycles. The van der Waals surface area contributed by atoms with Crippen LogP contribution in [0.1, 0.15) is 28.5 Å². The quantitative estimate of drug-likeness (QED) is 0.416. The van der Waals surface area contributed by atoms with Crippen LogP contribution in [0.5, 0.6) is 0 Å². The Morgan fingerprint density at radius 2 is 1.89 bits per heavy atom. The fourth-order valence-electron chi connectivity index (χ4n) is 4.72. The van der Waals surface area contributed by atoms with Gasteiger partial charge in [-0.1, -0.05) is 25.1 Å². The lowest BCUT2D eigenvalue weighted by molar-refractivity contribution is 0.0602. The first-order valence-electron chi connectivity index (χ1n) is 11.8. The third kappa shape index (κ3) is 4.14. The van der Waals surface area contributed by atoms with E-state index in [1.165, 1.54) is 13.2 Å². The normalized spacial score (nSPS) is 13.9. The Balaban J connectivity index is 1.75. The summed E-state index contributed by atoms with van der Waals surface area (Å²) in [7, 11) is 1.33. The minimum atomic E-state index is -0.574. The summed E-state index contributed by atoms with van der Waals surface area (Å²) in [4.78, 5) is 20.1. The number of H-pyrrole nitrogens is 1. The van der Waals surface area contributed by atoms with Gasteiger partial charge in [-0.15, -0.1) is 0 Å². The van der Waals surface area contributed by atoms with E-state index in [-0.39, 0.29) is 16.8 Å². The number of nitrogens with one attached hydrogen (secondary N) is 2. The highest BCUT2D eigenvalue weighted by Crippen LogP contribution is 2.39. The van der Waals surface area contributed by atoms with Crippen molar-refractivity contribution in [2.24, 2.45) is 0 Å². The van der Waals surface area contributed by atoms with E-state index >= 15 is 4.39 Å². The number of piperazine rings is 1. The van der Waals surface area contributed by atoms with Gasteiger partial charge >= 0.3 is 5.97 Å². The first kappa shape index (κ1) is 23.0. The third-order valence-corrected chi connectivity index (χ3v) is 6.61. The van der Waals surface area contributed by atoms with Crippen molar-refractivity contribution in [1.29, 1.82) is 0 Å². The number of aryl methyl sites for hydroxylation is 2. The molecule has 0 bridgehead atoms. The predicted molar refractivity (Wildman–Crippen MR) is 135 cm³/mol. The van der Waals surface area contributed by atoms with Gasteiger partial charge in [0, 0.05) is 48.7 Å². The van der Waals surface area contributed by atoms with Gasteiger partial charge in [0.25, 0.3) is 0 Å². The van der Waals surface area contributed by atoms with Crippen LogP contribution >= 0.6 is 0 Å². The molecule has 0 spiro atoms. The number of esters is 1. The largest absolute Gasteiger partial charge is 0.465 e. The minimum Gasteiger partial charge on any atom is -0.465 e. The predicted octanol–water partition coefficient (Wildman–Crippen LogP) is 4.50. The first-order chi connectivity index (χ1) is 17.0. The van der Waals surface area contributed by atoms with Gasteiger partial charge in [-0.05, 0) is 48.7 Å². The monoisotopic (exact) mass is 473 g/mol. The molecule has 0 unspecified atom stereocenters. The summed E-state index contributed by atoms with van der Waals surface area (Å²) in [6.07, 6.45) is 0.705. The van der Waals surface area contributed by atoms with Gasteiger partial charge in [0.1, 0.15) is 5.82 Å². The number of ether oxygens (including phenoxy) is 1. The highest BCUT2D eigenvalue weighted by molar-refractivity contribution is 6.11. The zero-order valence-electron chi connectivity index (χ0n) is 20.1. The van der Waals surface area contributed by atoms with Crippen molar-refractivity contribution in [3.63, 3.8) is 0 Å². The van der Waals surface area contributed by atoms with Crippen molar-refractivity contribution in [2.75, 3.05) is 38.2 Å². The molecule has 35 heavy (non-hydrogen) atoms. The summed E-state index contributed by atoms with van der Waals surface area (Å²) in [6.45, 7) is 7.60. The van der Waals surface area contributed by atoms with Crippen LogP contribution < -0.4 is 10.2 Å². The number of nitrogens with zero attached hydrogens (tertiary/aromatic N) is 3. The van der Waals surface area contributed by atoms with Gasteiger partial charge in [-0.2, -0.15) is 5.10 Å². The number of hydrogen-bond acceptors (Lipinski definition) is 6. The number of methoxy groups -OCH3 is 1. The van der Waals surface area contributed by atoms with Crippen molar-refractivity contribution in [1.82, 2.24) is 20.5 Å². The Hall–Kier alpha value is -3.78. The van der Waals surface area contributed by atoms with E-state index in [1.54, 1.807) is 6.07 Å². The average molecular weight is 474 g/mol. The molecule has 1 aliphatic heterocycles. The Morgan fingerprint density at radius 3 is 2.54 bits per heavy atom. The number of carbonyl (C=O) groups excluding carboxylic acids is 1. The maximum absolute atomic E-state index is 15.2.